The van der Waals surface area contributed by atoms with Crippen LogP contribution in [0.15, 0.2) is 12.7 Å². The van der Waals surface area contributed by atoms with E-state index in [0.717, 1.165) is 0 Å². The predicted octanol–water partition coefficient (Wildman–Crippen LogP) is 1.19. The molecule has 5 atom stereocenters. The third-order valence-electron chi connectivity index (χ3n) is 6.96. The zero-order chi connectivity index (χ0) is 30.1. The van der Waals surface area contributed by atoms with Gasteiger partial charge in [-0.2, -0.15) is 0 Å². The van der Waals surface area contributed by atoms with E-state index in [2.05, 4.69) is 21.9 Å². The summed E-state index contributed by atoms with van der Waals surface area (Å²) in [6.45, 7) is 16.8. The Morgan fingerprint density at radius 1 is 1.08 bits per heavy atom. The number of sulfonamides is 1. The molecule has 0 spiro atoms. The molecular formula is C26H44N4O8S. The van der Waals surface area contributed by atoms with Gasteiger partial charge in [-0.25, -0.2) is 13.2 Å². The van der Waals surface area contributed by atoms with E-state index >= 15 is 0 Å². The van der Waals surface area contributed by atoms with Crippen molar-refractivity contribution in [3.8, 4) is 0 Å². The molecule has 222 valence electrons. The Hall–Kier alpha value is -2.67. The van der Waals surface area contributed by atoms with Gasteiger partial charge in [-0.05, 0) is 46.0 Å². The fraction of sp³-hybridized carbons (Fsp3) is 0.769. The van der Waals surface area contributed by atoms with Crippen molar-refractivity contribution in [3.05, 3.63) is 12.7 Å². The normalized spacial score (nSPS) is 23.2. The first-order valence-corrected chi connectivity index (χ1v) is 14.7. The minimum Gasteiger partial charge on any atom is -0.444 e. The van der Waals surface area contributed by atoms with Gasteiger partial charge < -0.3 is 25.4 Å². The SMILES string of the molecule is C=CC(C)[C@@](C)(NC(=O)[C@@H]1C[C@@H](O)CN1C(=O)[C@@H](NC(=O)OC(C)(C)C)C(C)(C)C)C(=O)NS(=O)(=O)C1CC1. The molecule has 0 radical (unpaired) electrons. The van der Waals surface area contributed by atoms with Gasteiger partial charge in [-0.3, -0.25) is 19.1 Å². The molecule has 2 rings (SSSR count). The van der Waals surface area contributed by atoms with E-state index in [-0.39, 0.29) is 13.0 Å². The topological polar surface area (TPSA) is 171 Å². The Morgan fingerprint density at radius 2 is 1.64 bits per heavy atom. The van der Waals surface area contributed by atoms with E-state index < -0.39 is 79.7 Å². The smallest absolute Gasteiger partial charge is 0.408 e. The van der Waals surface area contributed by atoms with Gasteiger partial charge in [0.15, 0.2) is 0 Å². The minimum atomic E-state index is -3.89. The first-order chi connectivity index (χ1) is 17.6. The summed E-state index contributed by atoms with van der Waals surface area (Å²) < 4.78 is 32.2. The van der Waals surface area contributed by atoms with Crippen LogP contribution in [0.25, 0.3) is 0 Å². The van der Waals surface area contributed by atoms with Crippen LogP contribution in [0.5, 0.6) is 0 Å². The summed E-state index contributed by atoms with van der Waals surface area (Å²) in [7, 11) is -3.89. The number of β-amino-alcohol motifs (C(OH)–C–C–N with tert-alkyl or cyclic N) is 1. The van der Waals surface area contributed by atoms with E-state index in [4.69, 9.17) is 4.74 Å². The van der Waals surface area contributed by atoms with Gasteiger partial charge in [-0.1, -0.05) is 33.8 Å². The van der Waals surface area contributed by atoms with Crippen molar-refractivity contribution >= 4 is 33.8 Å². The molecule has 1 heterocycles. The average Bonchev–Trinajstić information content (AvgIpc) is 3.56. The second-order valence-corrected chi connectivity index (χ2v) is 14.7. The van der Waals surface area contributed by atoms with Gasteiger partial charge in [0.05, 0.1) is 11.4 Å². The number of aliphatic hydroxyl groups is 1. The molecule has 2 fully saturated rings. The quantitative estimate of drug-likeness (QED) is 0.299. The standard InChI is InChI=1S/C26H44N4O8S/c1-10-15(2)26(9,22(34)29-39(36,37)17-11-12-17)28-20(32)18-13-16(31)14-30(18)21(33)19(24(3,4)5)27-23(35)38-25(6,7)8/h10,15-19,31H,1,11-14H2,2-9H3,(H,27,35)(H,28,32)(H,29,34)/t15?,16-,18+,19-,26-/m1/s1. The molecule has 2 aliphatic rings. The van der Waals surface area contributed by atoms with Crippen LogP contribution in [-0.4, -0.2) is 83.4 Å². The summed E-state index contributed by atoms with van der Waals surface area (Å²) in [4.78, 5) is 54.1. The van der Waals surface area contributed by atoms with E-state index in [0.29, 0.717) is 12.8 Å². The van der Waals surface area contributed by atoms with Crippen molar-refractivity contribution in [2.45, 2.75) is 109 Å². The van der Waals surface area contributed by atoms with E-state index in [1.54, 1.807) is 48.5 Å². The number of alkyl carbamates (subject to hydrolysis) is 1. The Balaban J connectivity index is 2.31. The zero-order valence-corrected chi connectivity index (χ0v) is 25.0. The molecule has 0 bridgehead atoms. The summed E-state index contributed by atoms with van der Waals surface area (Å²) >= 11 is 0. The molecule has 1 saturated carbocycles. The number of likely N-dealkylation sites (tertiary alicyclic amines) is 1. The molecule has 13 heteroatoms. The van der Waals surface area contributed by atoms with E-state index in [1.165, 1.54) is 17.9 Å². The van der Waals surface area contributed by atoms with E-state index in [9.17, 15) is 32.7 Å². The van der Waals surface area contributed by atoms with Crippen molar-refractivity contribution in [2.24, 2.45) is 11.3 Å². The minimum absolute atomic E-state index is 0.110. The van der Waals surface area contributed by atoms with Crippen LogP contribution in [0, 0.1) is 11.3 Å². The van der Waals surface area contributed by atoms with Gasteiger partial charge in [0, 0.05) is 18.9 Å². The van der Waals surface area contributed by atoms with E-state index in [1.807, 2.05) is 0 Å². The summed E-state index contributed by atoms with van der Waals surface area (Å²) in [6.07, 6.45) is 0.368. The number of nitrogens with one attached hydrogen (secondary N) is 3. The highest BCUT2D eigenvalue weighted by atomic mass is 32.2. The molecule has 1 saturated heterocycles. The van der Waals surface area contributed by atoms with Crippen molar-refractivity contribution in [1.29, 1.82) is 0 Å². The third-order valence-corrected chi connectivity index (χ3v) is 8.77. The molecular weight excluding hydrogens is 528 g/mol. The molecule has 39 heavy (non-hydrogen) atoms. The van der Waals surface area contributed by atoms with Crippen LogP contribution >= 0.6 is 0 Å². The largest absolute Gasteiger partial charge is 0.444 e. The molecule has 4 N–H and O–H groups in total. The number of rotatable bonds is 9. The maximum atomic E-state index is 13.7. The molecule has 4 amide bonds. The number of hydrogen-bond acceptors (Lipinski definition) is 8. The van der Waals surface area contributed by atoms with Crippen molar-refractivity contribution < 1.29 is 37.4 Å². The molecule has 1 aliphatic heterocycles. The second kappa shape index (κ2) is 11.4. The fourth-order valence-electron chi connectivity index (χ4n) is 4.20. The second-order valence-electron chi connectivity index (χ2n) is 12.7. The lowest BCUT2D eigenvalue weighted by atomic mass is 9.85. The number of carbonyl (C=O) groups is 4. The maximum Gasteiger partial charge on any atom is 0.408 e. The fourth-order valence-corrected chi connectivity index (χ4v) is 5.59. The maximum absolute atomic E-state index is 13.7. The third kappa shape index (κ3) is 8.17. The summed E-state index contributed by atoms with van der Waals surface area (Å²) in [5.41, 5.74) is -3.31. The summed E-state index contributed by atoms with van der Waals surface area (Å²) in [5, 5.41) is 15.0. The van der Waals surface area contributed by atoms with Crippen molar-refractivity contribution in [2.75, 3.05) is 6.54 Å². The summed E-state index contributed by atoms with van der Waals surface area (Å²) in [5.74, 6) is -2.97. The predicted molar refractivity (Wildman–Crippen MR) is 145 cm³/mol. The highest BCUT2D eigenvalue weighted by Crippen LogP contribution is 2.30. The molecule has 0 aromatic rings. The van der Waals surface area contributed by atoms with Crippen LogP contribution < -0.4 is 15.4 Å². The highest BCUT2D eigenvalue weighted by molar-refractivity contribution is 7.90. The molecule has 12 nitrogen and oxygen atoms in total. The first-order valence-electron chi connectivity index (χ1n) is 13.1. The number of hydrogen-bond donors (Lipinski definition) is 4. The number of ether oxygens (including phenoxy) is 1. The summed E-state index contributed by atoms with van der Waals surface area (Å²) in [6, 6.07) is -2.28. The van der Waals surface area contributed by atoms with Crippen molar-refractivity contribution in [3.63, 3.8) is 0 Å². The Morgan fingerprint density at radius 3 is 2.10 bits per heavy atom. The number of nitrogens with zero attached hydrogens (tertiary/aromatic N) is 1. The van der Waals surface area contributed by atoms with Gasteiger partial charge >= 0.3 is 6.09 Å². The lowest BCUT2D eigenvalue weighted by Crippen LogP contribution is -2.64. The van der Waals surface area contributed by atoms with Gasteiger partial charge in [0.1, 0.15) is 23.2 Å². The van der Waals surface area contributed by atoms with Crippen LogP contribution in [0.3, 0.4) is 0 Å². The van der Waals surface area contributed by atoms with Gasteiger partial charge in [0.2, 0.25) is 21.8 Å². The number of aliphatic hydroxyl groups excluding tert-OH is 1. The Kier molecular flexibility index (Phi) is 9.55. The van der Waals surface area contributed by atoms with Gasteiger partial charge in [-0.15, -0.1) is 6.58 Å². The number of amides is 4. The van der Waals surface area contributed by atoms with Crippen LogP contribution in [0.1, 0.15) is 74.7 Å². The lowest BCUT2D eigenvalue weighted by Gasteiger charge is -2.38. The zero-order valence-electron chi connectivity index (χ0n) is 24.2. The lowest BCUT2D eigenvalue weighted by molar-refractivity contribution is -0.143. The Labute approximate surface area is 231 Å². The van der Waals surface area contributed by atoms with Crippen LogP contribution in [-0.2, 0) is 29.1 Å². The van der Waals surface area contributed by atoms with Crippen molar-refractivity contribution in [1.82, 2.24) is 20.3 Å². The number of carbonyl (C=O) groups excluding carboxylic acids is 4. The first kappa shape index (κ1) is 32.5. The average molecular weight is 573 g/mol. The molecule has 0 aromatic carbocycles. The Bertz CT molecular complexity index is 1090. The monoisotopic (exact) mass is 572 g/mol. The molecule has 0 aromatic heterocycles. The van der Waals surface area contributed by atoms with Crippen LogP contribution in [0.2, 0.25) is 0 Å². The molecule has 1 unspecified atom stereocenters. The van der Waals surface area contributed by atoms with Crippen LogP contribution in [0.4, 0.5) is 4.79 Å². The molecule has 1 aliphatic carbocycles. The van der Waals surface area contributed by atoms with Gasteiger partial charge in [0.25, 0.3) is 5.91 Å². The highest BCUT2D eigenvalue weighted by Gasteiger charge is 2.49.